The Labute approximate surface area is 196 Å². The highest BCUT2D eigenvalue weighted by molar-refractivity contribution is 8.18. The van der Waals surface area contributed by atoms with Gasteiger partial charge in [-0.1, -0.05) is 48.0 Å². The number of ether oxygens (including phenoxy) is 2. The summed E-state index contributed by atoms with van der Waals surface area (Å²) in [5.74, 6) is 1.10. The third kappa shape index (κ3) is 5.72. The Kier molecular flexibility index (Phi) is 7.14. The Morgan fingerprint density at radius 3 is 2.53 bits per heavy atom. The van der Waals surface area contributed by atoms with Gasteiger partial charge in [0, 0.05) is 5.02 Å². The number of thioether (sulfide) groups is 1. The SMILES string of the molecule is CCOc1cc(/C=C2/SC(=Nc3ccc(Cl)cc3)NC2=O)ccc1OCc1ccccc1. The van der Waals surface area contributed by atoms with Crippen LogP contribution in [0.4, 0.5) is 5.69 Å². The van der Waals surface area contributed by atoms with Gasteiger partial charge >= 0.3 is 0 Å². The second-order valence-electron chi connectivity index (χ2n) is 6.87. The van der Waals surface area contributed by atoms with Crippen molar-refractivity contribution < 1.29 is 14.3 Å². The quantitative estimate of drug-likeness (QED) is 0.422. The molecule has 32 heavy (non-hydrogen) atoms. The maximum atomic E-state index is 12.4. The van der Waals surface area contributed by atoms with Crippen LogP contribution in [0.1, 0.15) is 18.1 Å². The number of halogens is 1. The van der Waals surface area contributed by atoms with Crippen molar-refractivity contribution in [3.05, 3.63) is 93.9 Å². The van der Waals surface area contributed by atoms with Gasteiger partial charge in [0.15, 0.2) is 16.7 Å². The molecular weight excluding hydrogens is 444 g/mol. The summed E-state index contributed by atoms with van der Waals surface area (Å²) in [4.78, 5) is 17.4. The van der Waals surface area contributed by atoms with Gasteiger partial charge in [-0.2, -0.15) is 0 Å². The minimum absolute atomic E-state index is 0.190. The average Bonchev–Trinajstić information content (AvgIpc) is 3.14. The van der Waals surface area contributed by atoms with Crippen molar-refractivity contribution in [3.8, 4) is 11.5 Å². The molecule has 0 saturated carbocycles. The topological polar surface area (TPSA) is 59.9 Å². The molecule has 1 aliphatic rings. The smallest absolute Gasteiger partial charge is 0.264 e. The zero-order valence-electron chi connectivity index (χ0n) is 17.4. The van der Waals surface area contributed by atoms with Crippen LogP contribution in [0, 0.1) is 0 Å². The van der Waals surface area contributed by atoms with Crippen LogP contribution in [-0.4, -0.2) is 17.7 Å². The van der Waals surface area contributed by atoms with Gasteiger partial charge in [-0.25, -0.2) is 4.99 Å². The fraction of sp³-hybridized carbons (Fsp3) is 0.120. The minimum atomic E-state index is -0.190. The molecule has 0 bridgehead atoms. The first-order valence-corrected chi connectivity index (χ1v) is 11.3. The molecule has 1 fully saturated rings. The van der Waals surface area contributed by atoms with E-state index < -0.39 is 0 Å². The van der Waals surface area contributed by atoms with E-state index in [4.69, 9.17) is 21.1 Å². The summed E-state index contributed by atoms with van der Waals surface area (Å²) in [6.45, 7) is 2.88. The maximum absolute atomic E-state index is 12.4. The monoisotopic (exact) mass is 464 g/mol. The molecule has 1 heterocycles. The standard InChI is InChI=1S/C25H21ClN2O3S/c1-2-30-22-14-18(8-13-21(22)31-16-17-6-4-3-5-7-17)15-23-24(29)28-25(32-23)27-20-11-9-19(26)10-12-20/h3-15H,2,16H2,1H3,(H,27,28,29)/b23-15+. The highest BCUT2D eigenvalue weighted by Gasteiger charge is 2.24. The second-order valence-corrected chi connectivity index (χ2v) is 8.34. The number of nitrogens with one attached hydrogen (secondary N) is 1. The van der Waals surface area contributed by atoms with Gasteiger partial charge < -0.3 is 14.8 Å². The molecule has 0 unspecified atom stereocenters. The minimum Gasteiger partial charge on any atom is -0.490 e. The molecule has 1 N–H and O–H groups in total. The van der Waals surface area contributed by atoms with Crippen molar-refractivity contribution in [2.24, 2.45) is 4.99 Å². The van der Waals surface area contributed by atoms with Gasteiger partial charge in [-0.3, -0.25) is 4.79 Å². The molecular formula is C25H21ClN2O3S. The Hall–Kier alpha value is -3.22. The summed E-state index contributed by atoms with van der Waals surface area (Å²) in [6.07, 6.45) is 1.81. The average molecular weight is 465 g/mol. The molecule has 0 aliphatic carbocycles. The van der Waals surface area contributed by atoms with Crippen LogP contribution in [0.25, 0.3) is 6.08 Å². The predicted molar refractivity (Wildman–Crippen MR) is 131 cm³/mol. The van der Waals surface area contributed by atoms with Crippen molar-refractivity contribution in [1.29, 1.82) is 0 Å². The van der Waals surface area contributed by atoms with Crippen LogP contribution in [0.5, 0.6) is 11.5 Å². The van der Waals surface area contributed by atoms with E-state index >= 15 is 0 Å². The molecule has 0 aromatic heterocycles. The van der Waals surface area contributed by atoms with Gasteiger partial charge in [0.05, 0.1) is 17.2 Å². The van der Waals surface area contributed by atoms with Crippen LogP contribution < -0.4 is 14.8 Å². The van der Waals surface area contributed by atoms with E-state index in [-0.39, 0.29) is 5.91 Å². The van der Waals surface area contributed by atoms with Gasteiger partial charge in [-0.05, 0) is 72.3 Å². The molecule has 1 saturated heterocycles. The zero-order valence-corrected chi connectivity index (χ0v) is 19.0. The van der Waals surface area contributed by atoms with E-state index in [0.717, 1.165) is 16.8 Å². The zero-order chi connectivity index (χ0) is 22.3. The fourth-order valence-corrected chi connectivity index (χ4v) is 3.97. The summed E-state index contributed by atoms with van der Waals surface area (Å²) in [6, 6.07) is 22.7. The Bertz CT molecular complexity index is 1160. The van der Waals surface area contributed by atoms with Gasteiger partial charge in [0.2, 0.25) is 0 Å². The number of rotatable bonds is 7. The lowest BCUT2D eigenvalue weighted by atomic mass is 10.2. The van der Waals surface area contributed by atoms with Crippen LogP contribution in [-0.2, 0) is 11.4 Å². The lowest BCUT2D eigenvalue weighted by Crippen LogP contribution is -2.19. The summed E-state index contributed by atoms with van der Waals surface area (Å²) in [5, 5.41) is 3.96. The van der Waals surface area contributed by atoms with Crippen LogP contribution in [0.15, 0.2) is 82.7 Å². The number of hydrogen-bond acceptors (Lipinski definition) is 5. The number of amidine groups is 1. The summed E-state index contributed by atoms with van der Waals surface area (Å²) < 4.78 is 11.7. The normalized spacial score (nSPS) is 15.8. The van der Waals surface area contributed by atoms with E-state index in [0.29, 0.717) is 39.8 Å². The number of aliphatic imine (C=N–C) groups is 1. The largest absolute Gasteiger partial charge is 0.490 e. The fourth-order valence-electron chi connectivity index (χ4n) is 3.00. The number of carbonyl (C=O) groups is 1. The third-order valence-corrected chi connectivity index (χ3v) is 5.67. The summed E-state index contributed by atoms with van der Waals surface area (Å²) in [7, 11) is 0. The molecule has 3 aromatic rings. The van der Waals surface area contributed by atoms with Crippen LogP contribution >= 0.6 is 23.4 Å². The lowest BCUT2D eigenvalue weighted by Gasteiger charge is -2.13. The lowest BCUT2D eigenvalue weighted by molar-refractivity contribution is -0.115. The molecule has 3 aromatic carbocycles. The summed E-state index contributed by atoms with van der Waals surface area (Å²) >= 11 is 7.20. The van der Waals surface area contributed by atoms with Crippen molar-refractivity contribution >= 4 is 46.2 Å². The first-order valence-electron chi connectivity index (χ1n) is 10.1. The first-order chi connectivity index (χ1) is 15.6. The predicted octanol–water partition coefficient (Wildman–Crippen LogP) is 6.21. The Balaban J connectivity index is 1.50. The maximum Gasteiger partial charge on any atom is 0.264 e. The van der Waals surface area contributed by atoms with Gasteiger partial charge in [-0.15, -0.1) is 0 Å². The molecule has 4 rings (SSSR count). The number of amides is 1. The highest BCUT2D eigenvalue weighted by atomic mass is 35.5. The van der Waals surface area contributed by atoms with Crippen molar-refractivity contribution in [1.82, 2.24) is 5.32 Å². The highest BCUT2D eigenvalue weighted by Crippen LogP contribution is 2.33. The van der Waals surface area contributed by atoms with Crippen molar-refractivity contribution in [2.45, 2.75) is 13.5 Å². The van der Waals surface area contributed by atoms with Crippen LogP contribution in [0.2, 0.25) is 5.02 Å². The van der Waals surface area contributed by atoms with Crippen molar-refractivity contribution in [2.75, 3.05) is 6.61 Å². The number of benzene rings is 3. The van der Waals surface area contributed by atoms with E-state index in [1.807, 2.05) is 61.5 Å². The number of nitrogens with zero attached hydrogens (tertiary/aromatic N) is 1. The van der Waals surface area contributed by atoms with Gasteiger partial charge in [0.1, 0.15) is 6.61 Å². The molecule has 1 aliphatic heterocycles. The molecule has 5 nitrogen and oxygen atoms in total. The number of carbonyl (C=O) groups excluding carboxylic acids is 1. The van der Waals surface area contributed by atoms with Gasteiger partial charge in [0.25, 0.3) is 5.91 Å². The first kappa shape index (κ1) is 22.0. The molecule has 0 radical (unpaired) electrons. The van der Waals surface area contributed by atoms with E-state index in [2.05, 4.69) is 10.3 Å². The van der Waals surface area contributed by atoms with E-state index in [9.17, 15) is 4.79 Å². The van der Waals surface area contributed by atoms with E-state index in [1.54, 1.807) is 24.3 Å². The molecule has 0 atom stereocenters. The molecule has 162 valence electrons. The Morgan fingerprint density at radius 1 is 1.00 bits per heavy atom. The molecule has 0 spiro atoms. The number of hydrogen-bond donors (Lipinski definition) is 1. The van der Waals surface area contributed by atoms with Crippen molar-refractivity contribution in [3.63, 3.8) is 0 Å². The molecule has 7 heteroatoms. The third-order valence-electron chi connectivity index (χ3n) is 4.51. The Morgan fingerprint density at radius 2 is 1.78 bits per heavy atom. The second kappa shape index (κ2) is 10.4. The summed E-state index contributed by atoms with van der Waals surface area (Å²) in [5.41, 5.74) is 2.63. The van der Waals surface area contributed by atoms with Crippen LogP contribution in [0.3, 0.4) is 0 Å². The molecule has 1 amide bonds. The van der Waals surface area contributed by atoms with E-state index in [1.165, 1.54) is 11.8 Å².